The summed E-state index contributed by atoms with van der Waals surface area (Å²) in [5.74, 6) is -0.0907. The molecule has 2 aromatic carbocycles. The maximum Gasteiger partial charge on any atom is 0.325 e. The van der Waals surface area contributed by atoms with E-state index >= 15 is 0 Å². The highest BCUT2D eigenvalue weighted by molar-refractivity contribution is 9.10. The quantitative estimate of drug-likeness (QED) is 0.175. The van der Waals surface area contributed by atoms with Crippen LogP contribution in [0.1, 0.15) is 51.3 Å². The van der Waals surface area contributed by atoms with Crippen molar-refractivity contribution in [3.05, 3.63) is 56.8 Å². The van der Waals surface area contributed by atoms with Gasteiger partial charge in [0.25, 0.3) is 6.17 Å². The van der Waals surface area contributed by atoms with Crippen LogP contribution >= 0.6 is 27.7 Å². The molecule has 1 aromatic heterocycles. The molecule has 1 aliphatic heterocycles. The Morgan fingerprint density at radius 1 is 1.24 bits per heavy atom. The predicted octanol–water partition coefficient (Wildman–Crippen LogP) is 4.48. The monoisotopic (exact) mass is 545 g/mol. The molecule has 0 aliphatic carbocycles. The zero-order valence-corrected chi connectivity index (χ0v) is 21.3. The van der Waals surface area contributed by atoms with Crippen LogP contribution in [0.4, 0.5) is 5.69 Å². The number of hydrogen-bond acceptors (Lipinski definition) is 6. The number of nitrogens with zero attached hydrogens (tertiary/aromatic N) is 3. The van der Waals surface area contributed by atoms with E-state index in [9.17, 15) is 19.8 Å². The Morgan fingerprint density at radius 2 is 2.00 bits per heavy atom. The van der Waals surface area contributed by atoms with Crippen LogP contribution in [0.3, 0.4) is 0 Å². The first-order valence-electron chi connectivity index (χ1n) is 11.1. The molecule has 0 spiro atoms. The molecular weight excluding hydrogens is 520 g/mol. The molecule has 2 heterocycles. The fourth-order valence-corrected chi connectivity index (χ4v) is 5.45. The highest BCUT2D eigenvalue weighted by Gasteiger charge is 2.45. The van der Waals surface area contributed by atoms with Gasteiger partial charge >= 0.3 is 11.3 Å². The number of halogens is 1. The largest absolute Gasteiger partial charge is 0.504 e. The number of thioether (sulfide) groups is 1. The third-order valence-corrected chi connectivity index (χ3v) is 7.25. The lowest BCUT2D eigenvalue weighted by atomic mass is 10.0. The van der Waals surface area contributed by atoms with Gasteiger partial charge in [-0.25, -0.2) is 4.90 Å². The molecule has 4 rings (SSSR count). The third kappa shape index (κ3) is 4.56. The van der Waals surface area contributed by atoms with Gasteiger partial charge in [-0.15, -0.1) is 0 Å². The van der Waals surface area contributed by atoms with Crippen molar-refractivity contribution < 1.29 is 19.7 Å². The summed E-state index contributed by atoms with van der Waals surface area (Å²) in [4.78, 5) is 30.6. The first-order valence-corrected chi connectivity index (χ1v) is 12.9. The smallest absolute Gasteiger partial charge is 0.325 e. The number of amides is 1. The fourth-order valence-electron chi connectivity index (χ4n) is 4.13. The number of carbonyl (C=O) groups excluding carboxylic acids is 1. The van der Waals surface area contributed by atoms with E-state index in [0.29, 0.717) is 27.7 Å². The van der Waals surface area contributed by atoms with Gasteiger partial charge in [-0.3, -0.25) is 14.6 Å². The molecule has 1 unspecified atom stereocenters. The summed E-state index contributed by atoms with van der Waals surface area (Å²) in [6.07, 6.45) is 3.59. The number of aromatic hydroxyl groups is 2. The summed E-state index contributed by atoms with van der Waals surface area (Å²) in [7, 11) is 0. The van der Waals surface area contributed by atoms with Gasteiger partial charge in [-0.1, -0.05) is 50.1 Å². The van der Waals surface area contributed by atoms with Gasteiger partial charge in [0.1, 0.15) is 0 Å². The topological polar surface area (TPSA) is 110 Å². The Kier molecular flexibility index (Phi) is 7.27. The number of para-hydroxylation sites is 1. The number of anilines is 1. The van der Waals surface area contributed by atoms with E-state index in [0.717, 1.165) is 31.4 Å². The zero-order chi connectivity index (χ0) is 24.4. The maximum atomic E-state index is 13.3. The predicted molar refractivity (Wildman–Crippen MR) is 134 cm³/mol. The number of nitrogens with one attached hydrogen (secondary N) is 1. The minimum Gasteiger partial charge on any atom is -0.504 e. The van der Waals surface area contributed by atoms with Gasteiger partial charge in [0, 0.05) is 17.8 Å². The number of phenols is 2. The second-order valence-electron chi connectivity index (χ2n) is 8.11. The van der Waals surface area contributed by atoms with E-state index in [2.05, 4.69) is 27.8 Å². The summed E-state index contributed by atoms with van der Waals surface area (Å²) < 4.78 is 1.80. The molecule has 1 amide bonds. The van der Waals surface area contributed by atoms with E-state index in [1.54, 1.807) is 35.2 Å². The third-order valence-electron chi connectivity index (χ3n) is 5.70. The average molecular weight is 546 g/mol. The lowest BCUT2D eigenvalue weighted by Gasteiger charge is -2.31. The number of hydrogen-bond donors (Lipinski definition) is 3. The highest BCUT2D eigenvalue weighted by Crippen LogP contribution is 2.41. The van der Waals surface area contributed by atoms with Crippen molar-refractivity contribution in [1.29, 1.82) is 0 Å². The van der Waals surface area contributed by atoms with Crippen molar-refractivity contribution in [2.45, 2.75) is 50.9 Å². The van der Waals surface area contributed by atoms with Gasteiger partial charge in [0.05, 0.1) is 21.3 Å². The Bertz CT molecular complexity index is 1270. The second-order valence-corrected chi connectivity index (χ2v) is 10.0. The standard InChI is InChI=1S/C24H25BrN4O4S/c1-3-4-5-8-11-34-24-26-22(33)20-16-9-6-7-10-18(16)28(14(2)30)23(29(20)27-24)15-12-17(25)21(32)19(31)13-15/h6-7,9-10,12-13,23H,3-5,8,11H2,1-2H3,(H2,26,27,33)/p+1. The molecule has 178 valence electrons. The molecule has 3 N–H and O–H groups in total. The summed E-state index contributed by atoms with van der Waals surface area (Å²) in [6.45, 7) is 3.60. The van der Waals surface area contributed by atoms with Crippen LogP contribution < -0.4 is 15.1 Å². The first kappa shape index (κ1) is 24.3. The van der Waals surface area contributed by atoms with Gasteiger partial charge < -0.3 is 10.2 Å². The normalized spacial score (nSPS) is 14.6. The van der Waals surface area contributed by atoms with Crippen LogP contribution in [0.2, 0.25) is 0 Å². The number of benzene rings is 2. The molecule has 1 aliphatic rings. The minimum atomic E-state index is -0.841. The first-order chi connectivity index (χ1) is 16.3. The SMILES string of the molecule is CCCCCCSc1n[n+]2c(c(=O)[nH]1)-c1ccccc1N(C(C)=O)C2c1cc(O)c(O)c(Br)c1. The van der Waals surface area contributed by atoms with Crippen LogP contribution in [0.5, 0.6) is 11.5 Å². The van der Waals surface area contributed by atoms with E-state index in [4.69, 9.17) is 5.10 Å². The molecule has 0 saturated heterocycles. The Balaban J connectivity index is 1.89. The van der Waals surface area contributed by atoms with E-state index in [1.165, 1.54) is 29.4 Å². The molecule has 0 radical (unpaired) electrons. The maximum absolute atomic E-state index is 13.3. The average Bonchev–Trinajstić information content (AvgIpc) is 2.80. The summed E-state index contributed by atoms with van der Waals surface area (Å²) in [6, 6.07) is 10.2. The number of H-pyrrole nitrogens is 1. The number of carbonyl (C=O) groups is 1. The molecule has 1 atom stereocenters. The van der Waals surface area contributed by atoms with Gasteiger partial charge in [-0.2, -0.15) is 0 Å². The lowest BCUT2D eigenvalue weighted by Crippen LogP contribution is -2.60. The molecule has 0 saturated carbocycles. The molecule has 0 fully saturated rings. The number of phenolic OH excluding ortho intramolecular Hbond substituents is 2. The highest BCUT2D eigenvalue weighted by atomic mass is 79.9. The number of aromatic nitrogens is 3. The van der Waals surface area contributed by atoms with E-state index in [-0.39, 0.29) is 27.4 Å². The van der Waals surface area contributed by atoms with Crippen molar-refractivity contribution in [1.82, 2.24) is 10.1 Å². The minimum absolute atomic E-state index is 0.255. The molecule has 3 aromatic rings. The Hall–Kier alpha value is -2.85. The zero-order valence-electron chi connectivity index (χ0n) is 18.9. The van der Waals surface area contributed by atoms with Crippen molar-refractivity contribution in [3.8, 4) is 22.8 Å². The number of fused-ring (bicyclic) bond motifs is 3. The lowest BCUT2D eigenvalue weighted by molar-refractivity contribution is -0.763. The molecule has 8 nitrogen and oxygen atoms in total. The van der Waals surface area contributed by atoms with Crippen molar-refractivity contribution in [2.75, 3.05) is 10.7 Å². The number of unbranched alkanes of at least 4 members (excludes halogenated alkanes) is 3. The fraction of sp³-hybridized carbons (Fsp3) is 0.333. The summed E-state index contributed by atoms with van der Waals surface area (Å²) >= 11 is 4.73. The number of aromatic amines is 1. The van der Waals surface area contributed by atoms with Gasteiger partial charge in [0.15, 0.2) is 11.5 Å². The van der Waals surface area contributed by atoms with Crippen LogP contribution in [-0.2, 0) is 4.79 Å². The Morgan fingerprint density at radius 3 is 2.71 bits per heavy atom. The van der Waals surface area contributed by atoms with Crippen LogP contribution in [-0.4, -0.2) is 32.0 Å². The van der Waals surface area contributed by atoms with Crippen LogP contribution in [0, 0.1) is 0 Å². The molecule has 0 bridgehead atoms. The van der Waals surface area contributed by atoms with Crippen molar-refractivity contribution in [3.63, 3.8) is 0 Å². The van der Waals surface area contributed by atoms with Gasteiger partial charge in [0.2, 0.25) is 11.1 Å². The molecular formula is C24H26BrN4O4S+. The molecule has 34 heavy (non-hydrogen) atoms. The second kappa shape index (κ2) is 10.2. The van der Waals surface area contributed by atoms with E-state index < -0.39 is 6.17 Å². The van der Waals surface area contributed by atoms with Crippen LogP contribution in [0.25, 0.3) is 11.3 Å². The number of rotatable bonds is 7. The van der Waals surface area contributed by atoms with Gasteiger partial charge in [-0.05, 0) is 51.3 Å². The summed E-state index contributed by atoms with van der Waals surface area (Å²) in [5, 5.41) is 25.5. The molecule has 10 heteroatoms. The Labute approximate surface area is 209 Å². The van der Waals surface area contributed by atoms with Crippen molar-refractivity contribution in [2.24, 2.45) is 0 Å². The van der Waals surface area contributed by atoms with Crippen LogP contribution in [0.15, 0.2) is 50.8 Å². The van der Waals surface area contributed by atoms with E-state index in [1.807, 2.05) is 0 Å². The van der Waals surface area contributed by atoms with Crippen molar-refractivity contribution >= 4 is 39.3 Å². The summed E-state index contributed by atoms with van der Waals surface area (Å²) in [5.41, 5.74) is 1.64.